The van der Waals surface area contributed by atoms with Crippen LogP contribution in [0.3, 0.4) is 0 Å². The predicted molar refractivity (Wildman–Crippen MR) is 112 cm³/mol. The van der Waals surface area contributed by atoms with Crippen molar-refractivity contribution >= 4 is 28.8 Å². The van der Waals surface area contributed by atoms with Gasteiger partial charge in [0.05, 0.1) is 12.4 Å². The van der Waals surface area contributed by atoms with Gasteiger partial charge >= 0.3 is 5.69 Å². The highest BCUT2D eigenvalue weighted by molar-refractivity contribution is 7.99. The van der Waals surface area contributed by atoms with Crippen molar-refractivity contribution in [3.8, 4) is 0 Å². The summed E-state index contributed by atoms with van der Waals surface area (Å²) in [5.74, 6) is 0.992. The number of hydrogen-bond donors (Lipinski definition) is 1. The van der Waals surface area contributed by atoms with Crippen LogP contribution in [0.5, 0.6) is 0 Å². The monoisotopic (exact) mass is 413 g/mol. The first-order chi connectivity index (χ1) is 14.0. The van der Waals surface area contributed by atoms with Crippen molar-refractivity contribution in [2.75, 3.05) is 5.75 Å². The van der Waals surface area contributed by atoms with Crippen molar-refractivity contribution in [2.45, 2.75) is 36.7 Å². The summed E-state index contributed by atoms with van der Waals surface area (Å²) in [4.78, 5) is 42.4. The van der Waals surface area contributed by atoms with E-state index in [9.17, 15) is 14.4 Å². The molecular weight excluding hydrogens is 390 g/mol. The maximum absolute atomic E-state index is 12.5. The van der Waals surface area contributed by atoms with E-state index < -0.39 is 5.69 Å². The molecule has 1 N–H and O–H groups in total. The first-order valence-electron chi connectivity index (χ1n) is 9.59. The average molecular weight is 414 g/mol. The van der Waals surface area contributed by atoms with Crippen LogP contribution in [0.15, 0.2) is 45.1 Å². The van der Waals surface area contributed by atoms with Gasteiger partial charge in [0, 0.05) is 37.7 Å². The van der Waals surface area contributed by atoms with Crippen molar-refractivity contribution in [1.29, 1.82) is 0 Å². The minimum atomic E-state index is -0.405. The fourth-order valence-electron chi connectivity index (χ4n) is 3.73. The Bertz CT molecular complexity index is 1190. The number of amides is 1. The fraction of sp³-hybridized carbons (Fsp3) is 0.400. The highest BCUT2D eigenvalue weighted by Gasteiger charge is 2.21. The third-order valence-corrected chi connectivity index (χ3v) is 6.44. The molecule has 1 aromatic carbocycles. The van der Waals surface area contributed by atoms with Gasteiger partial charge in [-0.1, -0.05) is 18.2 Å². The zero-order valence-corrected chi connectivity index (χ0v) is 17.2. The highest BCUT2D eigenvalue weighted by Crippen LogP contribution is 2.35. The van der Waals surface area contributed by atoms with Crippen molar-refractivity contribution in [2.24, 2.45) is 14.1 Å². The normalized spacial score (nSPS) is 16.0. The second kappa shape index (κ2) is 7.90. The fourth-order valence-corrected chi connectivity index (χ4v) is 4.86. The quantitative estimate of drug-likeness (QED) is 0.686. The number of carbonyl (C=O) groups excluding carboxylic acids is 1. The molecule has 0 saturated carbocycles. The maximum Gasteiger partial charge on any atom is 0.332 e. The van der Waals surface area contributed by atoms with Gasteiger partial charge in [0.1, 0.15) is 0 Å². The summed E-state index contributed by atoms with van der Waals surface area (Å²) in [7, 11) is 3.05. The van der Waals surface area contributed by atoms with E-state index in [1.54, 1.807) is 17.9 Å². The zero-order valence-electron chi connectivity index (χ0n) is 16.4. The number of carbonyl (C=O) groups is 1. The summed E-state index contributed by atoms with van der Waals surface area (Å²) < 4.78 is 4.15. The molecule has 9 heteroatoms. The van der Waals surface area contributed by atoms with Gasteiger partial charge in [-0.05, 0) is 24.5 Å². The standard InChI is InChI=1S/C20H23N5O3S/c1-23-18-17(19(27)24(2)20(23)28)25(12-21-18)10-5-8-16(26)22-14-9-11-29-15-7-4-3-6-13(14)15/h3-4,6-7,12,14H,5,8-11H2,1-2H3,(H,22,26)/t14-/m1/s1. The van der Waals surface area contributed by atoms with Gasteiger partial charge in [0.25, 0.3) is 5.56 Å². The number of hydrogen-bond acceptors (Lipinski definition) is 5. The van der Waals surface area contributed by atoms with Crippen LogP contribution in [0.1, 0.15) is 30.9 Å². The number of aryl methyl sites for hydroxylation is 2. The Hall–Kier alpha value is -2.81. The Morgan fingerprint density at radius 2 is 2.03 bits per heavy atom. The zero-order chi connectivity index (χ0) is 20.5. The predicted octanol–water partition coefficient (Wildman–Crippen LogP) is 1.57. The topological polar surface area (TPSA) is 90.9 Å². The van der Waals surface area contributed by atoms with Gasteiger partial charge in [-0.3, -0.25) is 18.7 Å². The van der Waals surface area contributed by atoms with E-state index in [-0.39, 0.29) is 17.5 Å². The molecule has 3 heterocycles. The summed E-state index contributed by atoms with van der Waals surface area (Å²) in [6.07, 6.45) is 3.41. The molecule has 29 heavy (non-hydrogen) atoms. The molecule has 2 aromatic heterocycles. The first kappa shape index (κ1) is 19.5. The van der Waals surface area contributed by atoms with E-state index in [0.29, 0.717) is 30.6 Å². The Morgan fingerprint density at radius 1 is 1.24 bits per heavy atom. The lowest BCUT2D eigenvalue weighted by atomic mass is 10.0. The van der Waals surface area contributed by atoms with Gasteiger partial charge in [-0.25, -0.2) is 9.78 Å². The van der Waals surface area contributed by atoms with E-state index in [1.165, 1.54) is 22.1 Å². The van der Waals surface area contributed by atoms with Crippen LogP contribution in [0.4, 0.5) is 0 Å². The van der Waals surface area contributed by atoms with E-state index in [0.717, 1.165) is 16.7 Å². The van der Waals surface area contributed by atoms with Gasteiger partial charge in [0.2, 0.25) is 5.91 Å². The largest absolute Gasteiger partial charge is 0.349 e. The molecule has 1 amide bonds. The SMILES string of the molecule is Cn1c(=O)c2c(ncn2CCCC(=O)N[C@@H]2CCSc3ccccc32)n(C)c1=O. The van der Waals surface area contributed by atoms with Crippen LogP contribution >= 0.6 is 11.8 Å². The minimum absolute atomic E-state index is 0.00132. The Balaban J connectivity index is 1.42. The lowest BCUT2D eigenvalue weighted by Gasteiger charge is -2.25. The van der Waals surface area contributed by atoms with Gasteiger partial charge in [-0.15, -0.1) is 11.8 Å². The first-order valence-corrected chi connectivity index (χ1v) is 10.6. The smallest absolute Gasteiger partial charge is 0.332 e. The van der Waals surface area contributed by atoms with E-state index in [1.807, 2.05) is 23.9 Å². The van der Waals surface area contributed by atoms with Crippen LogP contribution in [-0.2, 0) is 25.4 Å². The summed E-state index contributed by atoms with van der Waals surface area (Å²) in [6, 6.07) is 8.24. The molecule has 0 fully saturated rings. The number of fused-ring (bicyclic) bond motifs is 2. The van der Waals surface area contributed by atoms with E-state index >= 15 is 0 Å². The van der Waals surface area contributed by atoms with E-state index in [2.05, 4.69) is 22.4 Å². The lowest BCUT2D eigenvalue weighted by molar-refractivity contribution is -0.122. The number of benzene rings is 1. The van der Waals surface area contributed by atoms with Crippen molar-refractivity contribution in [1.82, 2.24) is 24.0 Å². The van der Waals surface area contributed by atoms with Crippen LogP contribution in [0.25, 0.3) is 11.2 Å². The third kappa shape index (κ3) is 3.62. The van der Waals surface area contributed by atoms with Crippen molar-refractivity contribution in [3.05, 3.63) is 57.0 Å². The Morgan fingerprint density at radius 3 is 2.86 bits per heavy atom. The van der Waals surface area contributed by atoms with Gasteiger partial charge < -0.3 is 9.88 Å². The molecule has 0 radical (unpaired) electrons. The average Bonchev–Trinajstić information content (AvgIpc) is 3.15. The molecule has 0 bridgehead atoms. The minimum Gasteiger partial charge on any atom is -0.349 e. The number of nitrogens with zero attached hydrogens (tertiary/aromatic N) is 4. The van der Waals surface area contributed by atoms with Crippen molar-refractivity contribution < 1.29 is 4.79 Å². The van der Waals surface area contributed by atoms with Crippen LogP contribution in [-0.4, -0.2) is 30.3 Å². The molecule has 4 rings (SSSR count). The second-order valence-corrected chi connectivity index (χ2v) is 8.35. The molecule has 0 spiro atoms. The molecule has 152 valence electrons. The van der Waals surface area contributed by atoms with E-state index in [4.69, 9.17) is 0 Å². The van der Waals surface area contributed by atoms with Crippen LogP contribution in [0, 0.1) is 0 Å². The Labute approximate surface area is 171 Å². The maximum atomic E-state index is 12.5. The second-order valence-electron chi connectivity index (χ2n) is 7.21. The molecular formula is C20H23N5O3S. The molecule has 0 aliphatic carbocycles. The molecule has 8 nitrogen and oxygen atoms in total. The third-order valence-electron chi connectivity index (χ3n) is 5.31. The molecule has 1 aliphatic heterocycles. The number of nitrogens with one attached hydrogen (secondary N) is 1. The summed E-state index contributed by atoms with van der Waals surface area (Å²) >= 11 is 1.82. The lowest BCUT2D eigenvalue weighted by Crippen LogP contribution is -2.37. The molecule has 3 aromatic rings. The molecule has 1 aliphatic rings. The molecule has 1 atom stereocenters. The summed E-state index contributed by atoms with van der Waals surface area (Å²) in [5.41, 5.74) is 1.15. The molecule has 0 saturated heterocycles. The number of thioether (sulfide) groups is 1. The summed E-state index contributed by atoms with van der Waals surface area (Å²) in [5, 5.41) is 3.14. The highest BCUT2D eigenvalue weighted by atomic mass is 32.2. The van der Waals surface area contributed by atoms with Crippen molar-refractivity contribution in [3.63, 3.8) is 0 Å². The van der Waals surface area contributed by atoms with Crippen LogP contribution in [0.2, 0.25) is 0 Å². The number of aromatic nitrogens is 4. The number of imidazole rings is 1. The number of rotatable bonds is 5. The van der Waals surface area contributed by atoms with Gasteiger partial charge in [0.15, 0.2) is 11.2 Å². The van der Waals surface area contributed by atoms with Crippen LogP contribution < -0.4 is 16.6 Å². The molecule has 0 unspecified atom stereocenters. The summed E-state index contributed by atoms with van der Waals surface area (Å²) in [6.45, 7) is 0.481. The van der Waals surface area contributed by atoms with Gasteiger partial charge in [-0.2, -0.15) is 0 Å². The Kier molecular flexibility index (Phi) is 5.31.